The number of ether oxygens (including phenoxy) is 1. The molecule has 3 aromatic carbocycles. The lowest BCUT2D eigenvalue weighted by atomic mass is 10.0. The summed E-state index contributed by atoms with van der Waals surface area (Å²) >= 11 is 1.39. The van der Waals surface area contributed by atoms with Crippen molar-refractivity contribution >= 4 is 29.5 Å². The molecule has 37 heavy (non-hydrogen) atoms. The van der Waals surface area contributed by atoms with Crippen molar-refractivity contribution in [3.05, 3.63) is 118 Å². The van der Waals surface area contributed by atoms with Gasteiger partial charge < -0.3 is 15.2 Å². The third-order valence-electron chi connectivity index (χ3n) is 6.46. The number of aliphatic hydroxyl groups excluding tert-OH is 1. The molecule has 0 spiro atoms. The van der Waals surface area contributed by atoms with E-state index in [1.807, 2.05) is 79.7 Å². The summed E-state index contributed by atoms with van der Waals surface area (Å²) in [6.07, 6.45) is -0.691. The second-order valence-corrected chi connectivity index (χ2v) is 10.0. The first-order valence-electron chi connectivity index (χ1n) is 11.9. The number of fused-ring (bicyclic) bond motifs is 1. The molecule has 1 fully saturated rings. The van der Waals surface area contributed by atoms with Gasteiger partial charge in [-0.25, -0.2) is 4.79 Å². The van der Waals surface area contributed by atoms with E-state index in [-0.39, 0.29) is 18.2 Å². The second kappa shape index (κ2) is 10.6. The van der Waals surface area contributed by atoms with Gasteiger partial charge in [-0.3, -0.25) is 14.5 Å². The number of rotatable bonds is 7. The molecule has 188 valence electrons. The molecular weight excluding hydrogens is 488 g/mol. The average molecular weight is 515 g/mol. The van der Waals surface area contributed by atoms with E-state index in [4.69, 9.17) is 4.74 Å². The number of β-lactam (4-membered cyclic amide) rings is 1. The van der Waals surface area contributed by atoms with Crippen molar-refractivity contribution < 1.29 is 24.2 Å². The number of nitrogens with one attached hydrogen (secondary N) is 1. The van der Waals surface area contributed by atoms with Crippen molar-refractivity contribution in [1.82, 2.24) is 10.2 Å². The number of carbonyl (C=O) groups excluding carboxylic acids is 3. The lowest BCUT2D eigenvalue weighted by Gasteiger charge is -2.49. The Morgan fingerprint density at radius 3 is 2.16 bits per heavy atom. The molecule has 0 bridgehead atoms. The van der Waals surface area contributed by atoms with Crippen LogP contribution in [0.15, 0.2) is 96.2 Å². The second-order valence-electron chi connectivity index (χ2n) is 8.94. The first-order chi connectivity index (χ1) is 18.0. The molecular formula is C29H26N2O5S. The number of aliphatic hydroxyl groups is 1. The molecule has 2 aliphatic heterocycles. The molecule has 2 amide bonds. The minimum absolute atomic E-state index is 0.0500. The van der Waals surface area contributed by atoms with E-state index in [9.17, 15) is 19.5 Å². The monoisotopic (exact) mass is 514 g/mol. The highest BCUT2D eigenvalue weighted by Crippen LogP contribution is 2.41. The summed E-state index contributed by atoms with van der Waals surface area (Å²) < 4.78 is 5.99. The van der Waals surface area contributed by atoms with Gasteiger partial charge >= 0.3 is 5.97 Å². The molecule has 3 aromatic rings. The predicted molar refractivity (Wildman–Crippen MR) is 140 cm³/mol. The Bertz CT molecular complexity index is 1300. The zero-order chi connectivity index (χ0) is 25.9. The van der Waals surface area contributed by atoms with E-state index < -0.39 is 29.4 Å². The summed E-state index contributed by atoms with van der Waals surface area (Å²) in [6.45, 7) is 1.55. The topological polar surface area (TPSA) is 95.9 Å². The molecule has 0 radical (unpaired) electrons. The normalized spacial score (nSPS) is 18.8. The van der Waals surface area contributed by atoms with Crippen LogP contribution in [0.4, 0.5) is 0 Å². The molecule has 1 saturated heterocycles. The van der Waals surface area contributed by atoms with Crippen molar-refractivity contribution in [2.45, 2.75) is 24.4 Å². The van der Waals surface area contributed by atoms with Crippen molar-refractivity contribution in [2.24, 2.45) is 0 Å². The van der Waals surface area contributed by atoms with Crippen LogP contribution in [0.1, 0.15) is 33.2 Å². The molecule has 0 aromatic heterocycles. The quantitative estimate of drug-likeness (QED) is 0.370. The van der Waals surface area contributed by atoms with Crippen molar-refractivity contribution in [3.63, 3.8) is 0 Å². The third-order valence-corrected chi connectivity index (χ3v) is 7.80. The van der Waals surface area contributed by atoms with Gasteiger partial charge in [0.25, 0.3) is 11.8 Å². The van der Waals surface area contributed by atoms with Gasteiger partial charge in [-0.05, 0) is 35.8 Å². The summed E-state index contributed by atoms with van der Waals surface area (Å²) in [6, 6.07) is 25.0. The lowest BCUT2D eigenvalue weighted by molar-refractivity contribution is -0.153. The zero-order valence-corrected chi connectivity index (χ0v) is 21.0. The summed E-state index contributed by atoms with van der Waals surface area (Å²) in [4.78, 5) is 40.8. The van der Waals surface area contributed by atoms with Crippen LogP contribution in [0.5, 0.6) is 0 Å². The van der Waals surface area contributed by atoms with E-state index in [1.165, 1.54) is 16.7 Å². The predicted octanol–water partition coefficient (Wildman–Crippen LogP) is 3.59. The fourth-order valence-corrected chi connectivity index (χ4v) is 5.81. The number of carbonyl (C=O) groups is 3. The maximum atomic E-state index is 13.6. The molecule has 2 N–H and O–H groups in total. The van der Waals surface area contributed by atoms with Gasteiger partial charge in [-0.15, -0.1) is 11.8 Å². The van der Waals surface area contributed by atoms with Crippen molar-refractivity contribution in [1.29, 1.82) is 0 Å². The number of esters is 1. The highest BCUT2D eigenvalue weighted by Gasteiger charge is 2.54. The summed E-state index contributed by atoms with van der Waals surface area (Å²) in [5.41, 5.74) is 3.52. The van der Waals surface area contributed by atoms with E-state index in [0.717, 1.165) is 16.7 Å². The third kappa shape index (κ3) is 4.90. The Labute approximate surface area is 219 Å². The first-order valence-corrected chi connectivity index (χ1v) is 13.0. The smallest absolute Gasteiger partial charge is 0.356 e. The number of benzene rings is 3. The van der Waals surface area contributed by atoms with Crippen LogP contribution in [0, 0.1) is 6.92 Å². The first kappa shape index (κ1) is 24.8. The fourth-order valence-electron chi connectivity index (χ4n) is 4.47. The minimum Gasteiger partial charge on any atom is -0.448 e. The molecule has 0 saturated carbocycles. The van der Waals surface area contributed by atoms with Crippen molar-refractivity contribution in [3.8, 4) is 0 Å². The van der Waals surface area contributed by atoms with Crippen LogP contribution >= 0.6 is 11.8 Å². The van der Waals surface area contributed by atoms with E-state index >= 15 is 0 Å². The molecule has 0 aliphatic carbocycles. The number of hydrogen-bond donors (Lipinski definition) is 2. The molecule has 7 nitrogen and oxygen atoms in total. The number of thioether (sulfide) groups is 1. The van der Waals surface area contributed by atoms with Crippen LogP contribution in [-0.4, -0.2) is 51.6 Å². The Morgan fingerprint density at radius 2 is 1.59 bits per heavy atom. The Hall–Kier alpha value is -3.88. The molecule has 2 heterocycles. The largest absolute Gasteiger partial charge is 0.448 e. The van der Waals surface area contributed by atoms with Gasteiger partial charge in [0.05, 0.1) is 6.61 Å². The van der Waals surface area contributed by atoms with Crippen LogP contribution < -0.4 is 5.32 Å². The molecule has 5 rings (SSSR count). The van der Waals surface area contributed by atoms with Crippen LogP contribution in [0.25, 0.3) is 0 Å². The van der Waals surface area contributed by atoms with Gasteiger partial charge in [-0.1, -0.05) is 78.4 Å². The Morgan fingerprint density at radius 1 is 1.00 bits per heavy atom. The van der Waals surface area contributed by atoms with E-state index in [1.54, 1.807) is 12.1 Å². The number of amides is 2. The number of aryl methyl sites for hydroxylation is 1. The zero-order valence-electron chi connectivity index (χ0n) is 20.2. The van der Waals surface area contributed by atoms with E-state index in [2.05, 4.69) is 5.32 Å². The highest BCUT2D eigenvalue weighted by molar-refractivity contribution is 8.00. The average Bonchev–Trinajstić information content (AvgIpc) is 2.94. The van der Waals surface area contributed by atoms with Crippen molar-refractivity contribution in [2.75, 3.05) is 12.4 Å². The maximum absolute atomic E-state index is 13.6. The summed E-state index contributed by atoms with van der Waals surface area (Å²) in [7, 11) is 0. The van der Waals surface area contributed by atoms with Gasteiger partial charge in [0.2, 0.25) is 0 Å². The van der Waals surface area contributed by atoms with E-state index in [0.29, 0.717) is 16.9 Å². The summed E-state index contributed by atoms with van der Waals surface area (Å²) in [5.74, 6) is -1.11. The molecule has 8 heteroatoms. The summed E-state index contributed by atoms with van der Waals surface area (Å²) in [5, 5.41) is 12.3. The van der Waals surface area contributed by atoms with Crippen LogP contribution in [0.3, 0.4) is 0 Å². The maximum Gasteiger partial charge on any atom is 0.356 e. The van der Waals surface area contributed by atoms with Gasteiger partial charge in [0, 0.05) is 11.3 Å². The highest BCUT2D eigenvalue weighted by atomic mass is 32.2. The fraction of sp³-hybridized carbons (Fsp3) is 0.207. The number of nitrogens with zero attached hydrogens (tertiary/aromatic N) is 1. The molecule has 2 aliphatic rings. The molecule has 2 atom stereocenters. The SMILES string of the molecule is Cc1ccc(C(=O)N[C@H]2C(=O)N3C(C(=O)OC(c4ccccc4)c4ccccc4)=C(CO)CS[C@@H]23)cc1. The number of hydrogen-bond acceptors (Lipinski definition) is 6. The van der Waals surface area contributed by atoms with Crippen LogP contribution in [0.2, 0.25) is 0 Å². The van der Waals surface area contributed by atoms with Gasteiger partial charge in [0.1, 0.15) is 17.1 Å². The van der Waals surface area contributed by atoms with Gasteiger partial charge in [0.15, 0.2) is 6.10 Å². The minimum atomic E-state index is -0.777. The van der Waals surface area contributed by atoms with Gasteiger partial charge in [-0.2, -0.15) is 0 Å². The lowest BCUT2D eigenvalue weighted by Crippen LogP contribution is -2.70. The van der Waals surface area contributed by atoms with Crippen LogP contribution in [-0.2, 0) is 14.3 Å². The Balaban J connectivity index is 1.38. The standard InChI is InChI=1S/C29H26N2O5S/c1-18-12-14-21(15-13-18)26(33)30-23-27(34)31-24(22(16-32)17-37-28(23)31)29(35)36-25(19-8-4-2-5-9-19)20-10-6-3-7-11-20/h2-15,23,25,28,32H,16-17H2,1H3,(H,30,33)/t23-,28-/m0/s1. The molecule has 0 unspecified atom stereocenters. The Kier molecular flexibility index (Phi) is 7.12.